The van der Waals surface area contributed by atoms with Gasteiger partial charge >= 0.3 is 5.97 Å². The van der Waals surface area contributed by atoms with Crippen molar-refractivity contribution in [3.8, 4) is 0 Å². The Labute approximate surface area is 170 Å². The smallest absolute Gasteiger partial charge is 0.339 e. The van der Waals surface area contributed by atoms with Gasteiger partial charge in [0.05, 0.1) is 11.1 Å². The van der Waals surface area contributed by atoms with Crippen LogP contribution >= 0.6 is 0 Å². The molecule has 0 saturated carbocycles. The molecule has 1 amide bonds. The fraction of sp³-hybridized carbons (Fsp3) is 0.292. The van der Waals surface area contributed by atoms with Crippen LogP contribution in [0.3, 0.4) is 0 Å². The number of para-hydroxylation sites is 1. The predicted molar refractivity (Wildman–Crippen MR) is 112 cm³/mol. The van der Waals surface area contributed by atoms with Crippen molar-refractivity contribution in [2.24, 2.45) is 5.92 Å². The van der Waals surface area contributed by atoms with Crippen molar-refractivity contribution in [1.82, 2.24) is 10.3 Å². The molecule has 3 aromatic rings. The van der Waals surface area contributed by atoms with Gasteiger partial charge in [-0.2, -0.15) is 0 Å². The maximum Gasteiger partial charge on any atom is 0.339 e. The maximum atomic E-state index is 13.0. The Morgan fingerprint density at radius 2 is 1.86 bits per heavy atom. The van der Waals surface area contributed by atoms with Gasteiger partial charge in [0.25, 0.3) is 5.91 Å². The highest BCUT2D eigenvalue weighted by Crippen LogP contribution is 2.31. The molecule has 1 aliphatic rings. The molecule has 0 saturated heterocycles. The number of aryl methyl sites for hydroxylation is 1. The number of fused-ring (bicyclic) bond motifs is 2. The van der Waals surface area contributed by atoms with E-state index in [2.05, 4.69) is 12.2 Å². The number of esters is 1. The van der Waals surface area contributed by atoms with E-state index < -0.39 is 5.97 Å². The Hall–Kier alpha value is -3.21. The number of benzene rings is 2. The number of nitrogens with zero attached hydrogens (tertiary/aromatic N) is 1. The van der Waals surface area contributed by atoms with Crippen LogP contribution < -0.4 is 5.32 Å². The van der Waals surface area contributed by atoms with Crippen molar-refractivity contribution in [3.63, 3.8) is 0 Å². The second kappa shape index (κ2) is 8.43. The highest BCUT2D eigenvalue weighted by molar-refractivity contribution is 6.05. The van der Waals surface area contributed by atoms with Gasteiger partial charge in [-0.15, -0.1) is 0 Å². The minimum absolute atomic E-state index is 0.299. The summed E-state index contributed by atoms with van der Waals surface area (Å²) >= 11 is 0. The Kier molecular flexibility index (Phi) is 5.56. The van der Waals surface area contributed by atoms with Crippen molar-refractivity contribution >= 4 is 22.8 Å². The minimum atomic E-state index is -0.455. The van der Waals surface area contributed by atoms with Gasteiger partial charge < -0.3 is 10.1 Å². The Morgan fingerprint density at radius 3 is 2.69 bits per heavy atom. The Bertz CT molecular complexity index is 1050. The molecule has 4 rings (SSSR count). The zero-order chi connectivity index (χ0) is 20.2. The maximum absolute atomic E-state index is 13.0. The van der Waals surface area contributed by atoms with Gasteiger partial charge in [0.15, 0.2) is 6.61 Å². The number of hydrogen-bond acceptors (Lipinski definition) is 4. The van der Waals surface area contributed by atoms with E-state index in [4.69, 9.17) is 9.72 Å². The molecule has 1 heterocycles. The molecule has 1 aromatic heterocycles. The normalized spacial score (nSPS) is 15.6. The van der Waals surface area contributed by atoms with E-state index in [0.717, 1.165) is 47.0 Å². The summed E-state index contributed by atoms with van der Waals surface area (Å²) in [5.74, 6) is -0.280. The average Bonchev–Trinajstić information content (AvgIpc) is 2.75. The van der Waals surface area contributed by atoms with E-state index in [1.807, 2.05) is 54.6 Å². The van der Waals surface area contributed by atoms with E-state index in [9.17, 15) is 9.59 Å². The van der Waals surface area contributed by atoms with Gasteiger partial charge in [0.2, 0.25) is 0 Å². The lowest BCUT2D eigenvalue weighted by Gasteiger charge is -2.24. The first-order chi connectivity index (χ1) is 14.1. The van der Waals surface area contributed by atoms with Gasteiger partial charge in [-0.25, -0.2) is 4.79 Å². The molecule has 0 spiro atoms. The predicted octanol–water partition coefficient (Wildman–Crippen LogP) is 3.83. The van der Waals surface area contributed by atoms with E-state index in [-0.39, 0.29) is 12.5 Å². The summed E-state index contributed by atoms with van der Waals surface area (Å²) in [7, 11) is 0. The molecule has 5 heteroatoms. The molecular weight excluding hydrogens is 364 g/mol. The molecule has 1 aliphatic carbocycles. The zero-order valence-corrected chi connectivity index (χ0v) is 16.5. The molecule has 0 aliphatic heterocycles. The van der Waals surface area contributed by atoms with Crippen LogP contribution in [0.15, 0.2) is 54.6 Å². The minimum Gasteiger partial charge on any atom is -0.452 e. The molecule has 0 fully saturated rings. The summed E-state index contributed by atoms with van der Waals surface area (Å²) in [6.45, 7) is 2.29. The van der Waals surface area contributed by atoms with Gasteiger partial charge in [0, 0.05) is 17.6 Å². The largest absolute Gasteiger partial charge is 0.452 e. The van der Waals surface area contributed by atoms with Crippen molar-refractivity contribution in [2.45, 2.75) is 32.7 Å². The monoisotopic (exact) mass is 388 g/mol. The number of amides is 1. The van der Waals surface area contributed by atoms with Crippen LogP contribution in [0.4, 0.5) is 0 Å². The summed E-state index contributed by atoms with van der Waals surface area (Å²) < 4.78 is 5.41. The molecule has 148 valence electrons. The number of rotatable bonds is 5. The van der Waals surface area contributed by atoms with Gasteiger partial charge in [0.1, 0.15) is 0 Å². The number of nitrogens with one attached hydrogen (secondary N) is 1. The molecule has 1 atom stereocenters. The van der Waals surface area contributed by atoms with Crippen molar-refractivity contribution in [1.29, 1.82) is 0 Å². The molecule has 0 radical (unpaired) electrons. The fourth-order valence-corrected chi connectivity index (χ4v) is 3.85. The molecule has 1 unspecified atom stereocenters. The second-order valence-electron chi connectivity index (χ2n) is 7.62. The number of hydrogen-bond donors (Lipinski definition) is 1. The van der Waals surface area contributed by atoms with Crippen LogP contribution in [-0.2, 0) is 28.9 Å². The lowest BCUT2D eigenvalue weighted by atomic mass is 9.84. The van der Waals surface area contributed by atoms with E-state index in [1.54, 1.807) is 0 Å². The van der Waals surface area contributed by atoms with Gasteiger partial charge in [-0.05, 0) is 42.4 Å². The van der Waals surface area contributed by atoms with E-state index >= 15 is 0 Å². The number of carbonyl (C=O) groups excluding carboxylic acids is 2. The van der Waals surface area contributed by atoms with Crippen LogP contribution in [-0.4, -0.2) is 23.5 Å². The SMILES string of the molecule is CC1CCc2nc3ccccc3c(C(=O)OCC(=O)NCc3ccccc3)c2C1. The topological polar surface area (TPSA) is 68.3 Å². The highest BCUT2D eigenvalue weighted by atomic mass is 16.5. The van der Waals surface area contributed by atoms with Crippen LogP contribution in [0.1, 0.15) is 40.5 Å². The first-order valence-corrected chi connectivity index (χ1v) is 10.00. The standard InChI is InChI=1S/C24H24N2O3/c1-16-11-12-21-19(13-16)23(18-9-5-6-10-20(18)26-21)24(28)29-15-22(27)25-14-17-7-3-2-4-8-17/h2-10,16H,11-15H2,1H3,(H,25,27). The second-order valence-corrected chi connectivity index (χ2v) is 7.62. The molecule has 1 N–H and O–H groups in total. The molecule has 0 bridgehead atoms. The molecular formula is C24H24N2O3. The lowest BCUT2D eigenvalue weighted by molar-refractivity contribution is -0.124. The zero-order valence-electron chi connectivity index (χ0n) is 16.5. The highest BCUT2D eigenvalue weighted by Gasteiger charge is 2.26. The van der Waals surface area contributed by atoms with Crippen molar-refractivity contribution in [2.75, 3.05) is 6.61 Å². The number of carbonyl (C=O) groups is 2. The molecule has 2 aromatic carbocycles. The van der Waals surface area contributed by atoms with Crippen molar-refractivity contribution in [3.05, 3.63) is 77.0 Å². The lowest BCUT2D eigenvalue weighted by Crippen LogP contribution is -2.29. The first-order valence-electron chi connectivity index (χ1n) is 10.00. The first kappa shape index (κ1) is 19.1. The number of ether oxygens (including phenoxy) is 1. The van der Waals surface area contributed by atoms with Crippen LogP contribution in [0.5, 0.6) is 0 Å². The third-order valence-electron chi connectivity index (χ3n) is 5.38. The van der Waals surface area contributed by atoms with Crippen molar-refractivity contribution < 1.29 is 14.3 Å². The summed E-state index contributed by atoms with van der Waals surface area (Å²) in [5, 5.41) is 3.57. The Morgan fingerprint density at radius 1 is 1.10 bits per heavy atom. The third kappa shape index (κ3) is 4.29. The average molecular weight is 388 g/mol. The molecule has 5 nitrogen and oxygen atoms in total. The fourth-order valence-electron chi connectivity index (χ4n) is 3.85. The van der Waals surface area contributed by atoms with Crippen LogP contribution in [0.25, 0.3) is 10.9 Å². The quantitative estimate of drug-likeness (QED) is 0.675. The van der Waals surface area contributed by atoms with Gasteiger partial charge in [-0.1, -0.05) is 55.5 Å². The van der Waals surface area contributed by atoms with E-state index in [1.165, 1.54) is 0 Å². The van der Waals surface area contributed by atoms with Crippen LogP contribution in [0, 0.1) is 5.92 Å². The summed E-state index contributed by atoms with van der Waals surface area (Å²) in [5.41, 5.74) is 4.30. The van der Waals surface area contributed by atoms with E-state index in [0.29, 0.717) is 18.0 Å². The third-order valence-corrected chi connectivity index (χ3v) is 5.38. The molecule has 29 heavy (non-hydrogen) atoms. The number of pyridine rings is 1. The van der Waals surface area contributed by atoms with Gasteiger partial charge in [-0.3, -0.25) is 9.78 Å². The Balaban J connectivity index is 1.51. The summed E-state index contributed by atoms with van der Waals surface area (Å²) in [4.78, 5) is 29.9. The van der Waals surface area contributed by atoms with Crippen LogP contribution in [0.2, 0.25) is 0 Å². The number of aromatic nitrogens is 1. The summed E-state index contributed by atoms with van der Waals surface area (Å²) in [6, 6.07) is 17.2. The summed E-state index contributed by atoms with van der Waals surface area (Å²) in [6.07, 6.45) is 2.73.